The summed E-state index contributed by atoms with van der Waals surface area (Å²) in [5.74, 6) is 0.679. The van der Waals surface area contributed by atoms with Gasteiger partial charge in [0.05, 0.1) is 0 Å². The predicted octanol–water partition coefficient (Wildman–Crippen LogP) is 0.954. The summed E-state index contributed by atoms with van der Waals surface area (Å²) >= 11 is 0. The summed E-state index contributed by atoms with van der Waals surface area (Å²) in [6.45, 7) is 3.48. The second-order valence-corrected chi connectivity index (χ2v) is 5.23. The molecule has 2 bridgehead atoms. The van der Waals surface area contributed by atoms with Gasteiger partial charge in [0.2, 0.25) is 0 Å². The van der Waals surface area contributed by atoms with Gasteiger partial charge in [-0.05, 0) is 43.3 Å². The van der Waals surface area contributed by atoms with Gasteiger partial charge in [-0.25, -0.2) is 0 Å². The lowest BCUT2D eigenvalue weighted by Gasteiger charge is -2.43. The summed E-state index contributed by atoms with van der Waals surface area (Å²) in [7, 11) is 0. The van der Waals surface area contributed by atoms with Crippen LogP contribution < -0.4 is 4.84 Å². The molecule has 1 unspecified atom stereocenters. The van der Waals surface area contributed by atoms with E-state index in [1.807, 2.05) is 24.3 Å². The Morgan fingerprint density at radius 1 is 1.17 bits per heavy atom. The van der Waals surface area contributed by atoms with Crippen LogP contribution >= 0.6 is 0 Å². The van der Waals surface area contributed by atoms with Crippen LogP contribution in [0.1, 0.15) is 12.8 Å². The third-order valence-electron chi connectivity index (χ3n) is 4.15. The van der Waals surface area contributed by atoms with Crippen LogP contribution in [0.2, 0.25) is 0 Å². The molecule has 18 heavy (non-hydrogen) atoms. The summed E-state index contributed by atoms with van der Waals surface area (Å²) in [4.78, 5) is 10.1. The van der Waals surface area contributed by atoms with Gasteiger partial charge >= 0.3 is 0 Å². The standard InChI is InChI=1S/C13H16N4O/c1-2-4-12-11(3-1)14-15-17(12)18-13-9-16-7-5-10(13)6-8-16/h1-4,10,13H,5-9H2. The van der Waals surface area contributed by atoms with Crippen molar-refractivity contribution in [1.29, 1.82) is 0 Å². The van der Waals surface area contributed by atoms with E-state index in [1.54, 1.807) is 4.85 Å². The largest absolute Gasteiger partial charge is 0.390 e. The Morgan fingerprint density at radius 3 is 2.78 bits per heavy atom. The van der Waals surface area contributed by atoms with Crippen molar-refractivity contribution in [3.05, 3.63) is 24.3 Å². The fourth-order valence-corrected chi connectivity index (χ4v) is 3.08. The minimum atomic E-state index is 0.262. The number of fused-ring (bicyclic) bond motifs is 4. The van der Waals surface area contributed by atoms with Crippen molar-refractivity contribution in [3.8, 4) is 0 Å². The minimum Gasteiger partial charge on any atom is -0.390 e. The van der Waals surface area contributed by atoms with Crippen LogP contribution in [-0.4, -0.2) is 45.8 Å². The van der Waals surface area contributed by atoms with Gasteiger partial charge in [0.25, 0.3) is 0 Å². The van der Waals surface area contributed by atoms with Crippen molar-refractivity contribution in [3.63, 3.8) is 0 Å². The van der Waals surface area contributed by atoms with E-state index in [4.69, 9.17) is 4.84 Å². The fourth-order valence-electron chi connectivity index (χ4n) is 3.08. The molecule has 0 N–H and O–H groups in total. The Morgan fingerprint density at radius 2 is 2.00 bits per heavy atom. The zero-order valence-electron chi connectivity index (χ0n) is 10.2. The molecule has 3 aliphatic heterocycles. The van der Waals surface area contributed by atoms with E-state index >= 15 is 0 Å². The van der Waals surface area contributed by atoms with Gasteiger partial charge in [-0.15, -0.1) is 5.10 Å². The highest BCUT2D eigenvalue weighted by atomic mass is 16.7. The second-order valence-electron chi connectivity index (χ2n) is 5.23. The van der Waals surface area contributed by atoms with Gasteiger partial charge in [0, 0.05) is 12.5 Å². The van der Waals surface area contributed by atoms with Gasteiger partial charge in [-0.2, -0.15) is 0 Å². The molecule has 3 saturated heterocycles. The van der Waals surface area contributed by atoms with Crippen LogP contribution in [0.4, 0.5) is 0 Å². The Hall–Kier alpha value is -1.62. The molecule has 0 amide bonds. The first kappa shape index (κ1) is 10.3. The third kappa shape index (κ3) is 1.58. The number of nitrogens with zero attached hydrogens (tertiary/aromatic N) is 4. The topological polar surface area (TPSA) is 43.2 Å². The monoisotopic (exact) mass is 244 g/mol. The maximum atomic E-state index is 6.04. The third-order valence-corrected chi connectivity index (χ3v) is 4.15. The SMILES string of the molecule is c1ccc2c(c1)nnn2OC1CN2CCC1CC2. The second kappa shape index (κ2) is 3.95. The molecule has 3 aliphatic rings. The first-order chi connectivity index (χ1) is 8.90. The maximum absolute atomic E-state index is 6.04. The predicted molar refractivity (Wildman–Crippen MR) is 67.1 cm³/mol. The molecule has 3 fully saturated rings. The Kier molecular flexibility index (Phi) is 2.26. The molecule has 94 valence electrons. The molecule has 0 spiro atoms. The molecule has 4 heterocycles. The molecule has 1 atom stereocenters. The van der Waals surface area contributed by atoms with Gasteiger partial charge in [0.15, 0.2) is 0 Å². The number of aromatic nitrogens is 3. The highest BCUT2D eigenvalue weighted by molar-refractivity contribution is 5.73. The minimum absolute atomic E-state index is 0.262. The highest BCUT2D eigenvalue weighted by Crippen LogP contribution is 2.28. The molecule has 2 aromatic rings. The lowest BCUT2D eigenvalue weighted by molar-refractivity contribution is -0.0824. The van der Waals surface area contributed by atoms with Gasteiger partial charge in [0.1, 0.15) is 17.1 Å². The smallest absolute Gasteiger partial charge is 0.143 e. The number of para-hydroxylation sites is 1. The van der Waals surface area contributed by atoms with Crippen LogP contribution in [0.25, 0.3) is 11.0 Å². The molecule has 5 heteroatoms. The number of hydrogen-bond donors (Lipinski definition) is 0. The average molecular weight is 244 g/mol. The van der Waals surface area contributed by atoms with Crippen molar-refractivity contribution in [2.24, 2.45) is 5.92 Å². The summed E-state index contributed by atoms with van der Waals surface area (Å²) in [5.41, 5.74) is 1.84. The Balaban J connectivity index is 1.61. The molecule has 5 nitrogen and oxygen atoms in total. The number of benzene rings is 1. The van der Waals surface area contributed by atoms with Crippen molar-refractivity contribution < 1.29 is 4.84 Å². The molecule has 5 rings (SSSR count). The quantitative estimate of drug-likeness (QED) is 0.789. The van der Waals surface area contributed by atoms with Gasteiger partial charge in [-0.3, -0.25) is 4.90 Å². The molecule has 0 radical (unpaired) electrons. The van der Waals surface area contributed by atoms with Crippen LogP contribution in [0.5, 0.6) is 0 Å². The number of piperidine rings is 3. The van der Waals surface area contributed by atoms with Crippen molar-refractivity contribution in [2.45, 2.75) is 18.9 Å². The first-order valence-corrected chi connectivity index (χ1v) is 6.60. The normalized spacial score (nSPS) is 30.8. The summed E-state index contributed by atoms with van der Waals surface area (Å²) in [6, 6.07) is 7.91. The number of rotatable bonds is 2. The van der Waals surface area contributed by atoms with Gasteiger partial charge < -0.3 is 4.84 Å². The maximum Gasteiger partial charge on any atom is 0.143 e. The zero-order valence-corrected chi connectivity index (χ0v) is 10.2. The van der Waals surface area contributed by atoms with Crippen molar-refractivity contribution in [2.75, 3.05) is 19.6 Å². The Labute approximate surface area is 105 Å². The summed E-state index contributed by atoms with van der Waals surface area (Å²) < 4.78 is 0. The highest BCUT2D eigenvalue weighted by Gasteiger charge is 2.36. The van der Waals surface area contributed by atoms with E-state index in [1.165, 1.54) is 25.9 Å². The first-order valence-electron chi connectivity index (χ1n) is 6.60. The van der Waals surface area contributed by atoms with Crippen molar-refractivity contribution in [1.82, 2.24) is 20.1 Å². The molecule has 0 aliphatic carbocycles. The molecule has 1 aromatic heterocycles. The van der Waals surface area contributed by atoms with E-state index in [2.05, 4.69) is 15.2 Å². The summed E-state index contributed by atoms with van der Waals surface area (Å²) in [6.07, 6.45) is 2.76. The lowest BCUT2D eigenvalue weighted by atomic mass is 9.86. The van der Waals surface area contributed by atoms with E-state index in [0.717, 1.165) is 17.6 Å². The lowest BCUT2D eigenvalue weighted by Crippen LogP contribution is -2.54. The zero-order chi connectivity index (χ0) is 11.9. The van der Waals surface area contributed by atoms with Crippen LogP contribution in [0, 0.1) is 5.92 Å². The van der Waals surface area contributed by atoms with Crippen molar-refractivity contribution >= 4 is 11.0 Å². The van der Waals surface area contributed by atoms with E-state index in [9.17, 15) is 0 Å². The van der Waals surface area contributed by atoms with E-state index in [-0.39, 0.29) is 6.10 Å². The van der Waals surface area contributed by atoms with Crippen LogP contribution in [0.3, 0.4) is 0 Å². The Bertz CT molecular complexity index is 559. The molecule has 1 aromatic carbocycles. The van der Waals surface area contributed by atoms with E-state index in [0.29, 0.717) is 5.92 Å². The number of hydrogen-bond acceptors (Lipinski definition) is 4. The molecule has 0 saturated carbocycles. The average Bonchev–Trinajstić information content (AvgIpc) is 2.84. The van der Waals surface area contributed by atoms with Gasteiger partial charge in [-0.1, -0.05) is 17.0 Å². The fraction of sp³-hybridized carbons (Fsp3) is 0.538. The van der Waals surface area contributed by atoms with Crippen LogP contribution in [0.15, 0.2) is 24.3 Å². The van der Waals surface area contributed by atoms with Crippen LogP contribution in [-0.2, 0) is 0 Å². The molecular formula is C13H16N4O. The molecular weight excluding hydrogens is 228 g/mol. The summed E-state index contributed by atoms with van der Waals surface area (Å²) in [5, 5.41) is 8.22. The van der Waals surface area contributed by atoms with E-state index < -0.39 is 0 Å².